The Kier molecular flexibility index (Phi) is 8.22. The van der Waals surface area contributed by atoms with Crippen molar-refractivity contribution < 1.29 is 23.4 Å². The van der Waals surface area contributed by atoms with Gasteiger partial charge in [0, 0.05) is 5.69 Å². The standard InChI is InChI=1S/C34H27ClN4O6/c1-20-11-13-22(14-12-20)37-31(40)19-44-32-25(35)15-21(16-29(32)43-3)18-36-39-33(38-26-8-5-4-7-23(26)34(39)41)30-17-24-27(42-2)9-6-10-28(24)45-30/h4-18H,19H2,1-3H3,(H,37,40). The third-order valence-corrected chi connectivity index (χ3v) is 7.25. The van der Waals surface area contributed by atoms with Gasteiger partial charge < -0.3 is 23.9 Å². The lowest BCUT2D eigenvalue weighted by Gasteiger charge is -2.13. The minimum atomic E-state index is -0.392. The van der Waals surface area contributed by atoms with Crippen LogP contribution in [0.2, 0.25) is 5.02 Å². The summed E-state index contributed by atoms with van der Waals surface area (Å²) in [5.74, 6) is 1.26. The lowest BCUT2D eigenvalue weighted by Crippen LogP contribution is -2.20. The van der Waals surface area contributed by atoms with Crippen LogP contribution in [0, 0.1) is 6.92 Å². The normalized spacial score (nSPS) is 11.3. The van der Waals surface area contributed by atoms with Crippen molar-refractivity contribution >= 4 is 51.3 Å². The highest BCUT2D eigenvalue weighted by Crippen LogP contribution is 2.36. The fourth-order valence-electron chi connectivity index (χ4n) is 4.76. The molecule has 2 aromatic heterocycles. The van der Waals surface area contributed by atoms with Crippen molar-refractivity contribution in [3.63, 3.8) is 0 Å². The van der Waals surface area contributed by atoms with E-state index in [0.717, 1.165) is 10.9 Å². The molecule has 0 aliphatic carbocycles. The predicted octanol–water partition coefficient (Wildman–Crippen LogP) is 6.69. The van der Waals surface area contributed by atoms with Crippen LogP contribution in [0.4, 0.5) is 5.69 Å². The van der Waals surface area contributed by atoms with Crippen LogP contribution in [-0.4, -0.2) is 42.6 Å². The number of aromatic nitrogens is 2. The predicted molar refractivity (Wildman–Crippen MR) is 174 cm³/mol. The first-order chi connectivity index (χ1) is 21.8. The molecule has 2 heterocycles. The first-order valence-corrected chi connectivity index (χ1v) is 14.2. The molecule has 0 bridgehead atoms. The number of benzene rings is 4. The van der Waals surface area contributed by atoms with E-state index in [4.69, 9.17) is 35.2 Å². The molecule has 0 fully saturated rings. The van der Waals surface area contributed by atoms with E-state index in [1.807, 2.05) is 43.3 Å². The second kappa shape index (κ2) is 12.6. The monoisotopic (exact) mass is 622 g/mol. The Hall–Kier alpha value is -5.61. The van der Waals surface area contributed by atoms with Crippen LogP contribution >= 0.6 is 11.6 Å². The van der Waals surface area contributed by atoms with Crippen molar-refractivity contribution in [2.75, 3.05) is 26.1 Å². The molecule has 0 saturated carbocycles. The van der Waals surface area contributed by atoms with Crippen LogP contribution in [0.25, 0.3) is 33.5 Å². The van der Waals surface area contributed by atoms with E-state index >= 15 is 0 Å². The number of methoxy groups -OCH3 is 2. The van der Waals surface area contributed by atoms with Gasteiger partial charge in [-0.1, -0.05) is 47.5 Å². The molecule has 10 nitrogen and oxygen atoms in total. The minimum Gasteiger partial charge on any atom is -0.496 e. The number of nitrogens with zero attached hydrogens (tertiary/aromatic N) is 3. The summed E-state index contributed by atoms with van der Waals surface area (Å²) in [6.45, 7) is 1.67. The Morgan fingerprint density at radius 3 is 2.53 bits per heavy atom. The summed E-state index contributed by atoms with van der Waals surface area (Å²) in [5, 5.41) is 8.57. The van der Waals surface area contributed by atoms with Gasteiger partial charge in [0.05, 0.1) is 41.7 Å². The molecule has 0 atom stereocenters. The van der Waals surface area contributed by atoms with Gasteiger partial charge in [0.15, 0.2) is 23.9 Å². The SMILES string of the molecule is COc1cc(C=Nn2c(-c3cc4c(OC)cccc4o3)nc3ccccc3c2=O)cc(Cl)c1OCC(=O)Nc1ccc(C)cc1. The van der Waals surface area contributed by atoms with E-state index < -0.39 is 5.56 Å². The van der Waals surface area contributed by atoms with E-state index in [0.29, 0.717) is 39.2 Å². The fraction of sp³-hybridized carbons (Fsp3) is 0.118. The first-order valence-electron chi connectivity index (χ1n) is 13.8. The molecule has 0 radical (unpaired) electrons. The molecule has 45 heavy (non-hydrogen) atoms. The van der Waals surface area contributed by atoms with Crippen LogP contribution in [0.5, 0.6) is 17.2 Å². The van der Waals surface area contributed by atoms with Crippen molar-refractivity contribution in [3.05, 3.63) is 111 Å². The Balaban J connectivity index is 1.32. The van der Waals surface area contributed by atoms with E-state index in [-0.39, 0.29) is 34.9 Å². The van der Waals surface area contributed by atoms with Crippen LogP contribution in [0.15, 0.2) is 99.2 Å². The van der Waals surface area contributed by atoms with Crippen LogP contribution in [0.3, 0.4) is 0 Å². The molecule has 6 rings (SSSR count). The summed E-state index contributed by atoms with van der Waals surface area (Å²) in [7, 11) is 3.03. The number of fused-ring (bicyclic) bond motifs is 2. The van der Waals surface area contributed by atoms with Crippen molar-refractivity contribution in [1.82, 2.24) is 9.66 Å². The Bertz CT molecular complexity index is 2140. The molecule has 0 unspecified atom stereocenters. The molecule has 11 heteroatoms. The molecule has 1 amide bonds. The third kappa shape index (κ3) is 6.09. The van der Waals surface area contributed by atoms with Gasteiger partial charge in [-0.25, -0.2) is 4.98 Å². The fourth-order valence-corrected chi connectivity index (χ4v) is 5.04. The molecule has 0 saturated heterocycles. The lowest BCUT2D eigenvalue weighted by atomic mass is 10.2. The van der Waals surface area contributed by atoms with E-state index in [1.54, 1.807) is 55.6 Å². The maximum absolute atomic E-state index is 13.7. The summed E-state index contributed by atoms with van der Waals surface area (Å²) >= 11 is 6.56. The average molecular weight is 623 g/mol. The molecule has 226 valence electrons. The topological polar surface area (TPSA) is 117 Å². The second-order valence-corrected chi connectivity index (χ2v) is 10.4. The summed E-state index contributed by atoms with van der Waals surface area (Å²) in [5.41, 5.74) is 2.91. The number of amides is 1. The number of para-hydroxylation sites is 1. The van der Waals surface area contributed by atoms with Gasteiger partial charge in [-0.05, 0) is 67.1 Å². The highest BCUT2D eigenvalue weighted by molar-refractivity contribution is 6.32. The summed E-state index contributed by atoms with van der Waals surface area (Å²) in [4.78, 5) is 30.9. The average Bonchev–Trinajstić information content (AvgIpc) is 3.49. The number of hydrogen-bond donors (Lipinski definition) is 1. The smallest absolute Gasteiger partial charge is 0.282 e. The molecule has 4 aromatic carbocycles. The van der Waals surface area contributed by atoms with Crippen LogP contribution < -0.4 is 25.1 Å². The maximum Gasteiger partial charge on any atom is 0.282 e. The molecule has 0 aliphatic rings. The zero-order valence-corrected chi connectivity index (χ0v) is 25.3. The third-order valence-electron chi connectivity index (χ3n) is 6.97. The van der Waals surface area contributed by atoms with Gasteiger partial charge >= 0.3 is 0 Å². The highest BCUT2D eigenvalue weighted by atomic mass is 35.5. The number of rotatable bonds is 9. The number of furan rings is 1. The number of anilines is 1. The lowest BCUT2D eigenvalue weighted by molar-refractivity contribution is -0.118. The van der Waals surface area contributed by atoms with Crippen LogP contribution in [-0.2, 0) is 4.79 Å². The van der Waals surface area contributed by atoms with Gasteiger partial charge in [0.25, 0.3) is 11.5 Å². The van der Waals surface area contributed by atoms with Gasteiger partial charge in [-0.15, -0.1) is 0 Å². The van der Waals surface area contributed by atoms with Gasteiger partial charge in [0.1, 0.15) is 11.3 Å². The van der Waals surface area contributed by atoms with Crippen molar-refractivity contribution in [1.29, 1.82) is 0 Å². The van der Waals surface area contributed by atoms with Gasteiger partial charge in [-0.2, -0.15) is 9.78 Å². The van der Waals surface area contributed by atoms with Gasteiger partial charge in [-0.3, -0.25) is 9.59 Å². The first kappa shape index (κ1) is 29.5. The van der Waals surface area contributed by atoms with E-state index in [1.165, 1.54) is 18.0 Å². The molecular weight excluding hydrogens is 596 g/mol. The number of halogens is 1. The number of carbonyl (C=O) groups is 1. The summed E-state index contributed by atoms with van der Waals surface area (Å²) in [6.07, 6.45) is 1.45. The zero-order valence-electron chi connectivity index (χ0n) is 24.5. The zero-order chi connectivity index (χ0) is 31.5. The number of nitrogens with one attached hydrogen (secondary N) is 1. The van der Waals surface area contributed by atoms with Crippen molar-refractivity contribution in [2.24, 2.45) is 5.10 Å². The number of aryl methyl sites for hydroxylation is 1. The highest BCUT2D eigenvalue weighted by Gasteiger charge is 2.19. The number of carbonyl (C=O) groups excluding carboxylic acids is 1. The van der Waals surface area contributed by atoms with Crippen molar-refractivity contribution in [3.8, 4) is 28.8 Å². The number of hydrogen-bond acceptors (Lipinski definition) is 8. The second-order valence-electron chi connectivity index (χ2n) is 10.0. The van der Waals surface area contributed by atoms with Gasteiger partial charge in [0.2, 0.25) is 5.82 Å². The Labute approximate surface area is 262 Å². The molecular formula is C34H27ClN4O6. The molecule has 0 spiro atoms. The van der Waals surface area contributed by atoms with Crippen molar-refractivity contribution in [2.45, 2.75) is 6.92 Å². The Morgan fingerprint density at radius 1 is 0.978 bits per heavy atom. The largest absolute Gasteiger partial charge is 0.496 e. The minimum absolute atomic E-state index is 0.188. The summed E-state index contributed by atoms with van der Waals surface area (Å²) < 4.78 is 24.0. The van der Waals surface area contributed by atoms with Crippen LogP contribution in [0.1, 0.15) is 11.1 Å². The van der Waals surface area contributed by atoms with E-state index in [2.05, 4.69) is 10.4 Å². The molecule has 0 aliphatic heterocycles. The van der Waals surface area contributed by atoms with E-state index in [9.17, 15) is 9.59 Å². The maximum atomic E-state index is 13.7. The quantitative estimate of drug-likeness (QED) is 0.179. The number of ether oxygens (including phenoxy) is 3. The molecule has 1 N–H and O–H groups in total. The Morgan fingerprint density at radius 2 is 1.76 bits per heavy atom. The summed E-state index contributed by atoms with van der Waals surface area (Å²) in [6, 6.07) is 24.8. The molecule has 6 aromatic rings.